The van der Waals surface area contributed by atoms with Crippen molar-refractivity contribution >= 4 is 5.84 Å². The molecule has 6 heteroatoms. The van der Waals surface area contributed by atoms with Gasteiger partial charge in [0.15, 0.2) is 11.5 Å². The van der Waals surface area contributed by atoms with Crippen molar-refractivity contribution in [3.05, 3.63) is 41.7 Å². The number of hydrogen-bond donors (Lipinski definition) is 2. The van der Waals surface area contributed by atoms with Crippen LogP contribution in [0.4, 0.5) is 0 Å². The number of benzene rings is 1. The fourth-order valence-corrected chi connectivity index (χ4v) is 1.63. The molecule has 0 fully saturated rings. The number of nitrogens with two attached hydrogens (primary N) is 1. The summed E-state index contributed by atoms with van der Waals surface area (Å²) in [5.41, 5.74) is 6.44. The molecule has 0 bridgehead atoms. The highest BCUT2D eigenvalue weighted by molar-refractivity contribution is 5.93. The third-order valence-corrected chi connectivity index (χ3v) is 2.46. The average molecular weight is 272 g/mol. The molecule has 2 rings (SSSR count). The Bertz CT molecular complexity index is 628. The lowest BCUT2D eigenvalue weighted by molar-refractivity contribution is 0.317. The maximum Gasteiger partial charge on any atom is 0.322 e. The summed E-state index contributed by atoms with van der Waals surface area (Å²) in [5, 5.41) is 7.42. The molecule has 0 saturated carbocycles. The molecule has 0 atom stereocenters. The number of amidine groups is 1. The zero-order chi connectivity index (χ0) is 14.5. The Morgan fingerprint density at radius 1 is 1.25 bits per heavy atom. The summed E-state index contributed by atoms with van der Waals surface area (Å²) in [4.78, 5) is 8.26. The van der Waals surface area contributed by atoms with Crippen LogP contribution >= 0.6 is 0 Å². The molecular weight excluding hydrogens is 256 g/mol. The molecule has 6 nitrogen and oxygen atoms in total. The Balaban J connectivity index is 2.32. The fraction of sp³-hybridized carbons (Fsp3) is 0.214. The molecule has 0 aliphatic rings. The molecule has 1 aromatic carbocycles. The molecule has 0 aliphatic carbocycles. The van der Waals surface area contributed by atoms with Crippen LogP contribution < -0.4 is 15.2 Å². The van der Waals surface area contributed by atoms with Gasteiger partial charge in [0.1, 0.15) is 11.5 Å². The molecule has 0 radical (unpaired) electrons. The van der Waals surface area contributed by atoms with Gasteiger partial charge in [-0.15, -0.1) is 0 Å². The third-order valence-electron chi connectivity index (χ3n) is 2.46. The molecule has 2 aromatic rings. The average Bonchev–Trinajstić information content (AvgIpc) is 2.40. The fourth-order valence-electron chi connectivity index (χ4n) is 1.63. The van der Waals surface area contributed by atoms with Crippen LogP contribution in [-0.2, 0) is 0 Å². The number of para-hydroxylation sites is 2. The minimum Gasteiger partial charge on any atom is -0.490 e. The van der Waals surface area contributed by atoms with Gasteiger partial charge in [-0.25, -0.2) is 4.98 Å². The summed E-state index contributed by atoms with van der Waals surface area (Å²) in [6.07, 6.45) is 0. The Kier molecular flexibility index (Phi) is 4.14. The number of rotatable bonds is 5. The molecule has 0 spiro atoms. The zero-order valence-electron chi connectivity index (χ0n) is 11.4. The van der Waals surface area contributed by atoms with Crippen molar-refractivity contribution in [1.82, 2.24) is 9.97 Å². The second-order valence-electron chi connectivity index (χ2n) is 4.07. The first-order valence-corrected chi connectivity index (χ1v) is 6.20. The molecule has 0 aliphatic heterocycles. The normalized spacial score (nSPS) is 10.1. The van der Waals surface area contributed by atoms with E-state index in [0.717, 1.165) is 0 Å². The monoisotopic (exact) mass is 272 g/mol. The van der Waals surface area contributed by atoms with Crippen molar-refractivity contribution in [1.29, 1.82) is 5.41 Å². The van der Waals surface area contributed by atoms with Crippen molar-refractivity contribution in [2.45, 2.75) is 13.8 Å². The number of aromatic nitrogens is 2. The predicted molar refractivity (Wildman–Crippen MR) is 75.5 cm³/mol. The summed E-state index contributed by atoms with van der Waals surface area (Å²) in [5.74, 6) is 1.01. The first-order valence-electron chi connectivity index (χ1n) is 6.20. The Labute approximate surface area is 117 Å². The van der Waals surface area contributed by atoms with Crippen LogP contribution in [0.1, 0.15) is 18.3 Å². The van der Waals surface area contributed by atoms with Crippen molar-refractivity contribution in [3.63, 3.8) is 0 Å². The van der Waals surface area contributed by atoms with Crippen molar-refractivity contribution < 1.29 is 9.47 Å². The van der Waals surface area contributed by atoms with Gasteiger partial charge in [0, 0.05) is 5.69 Å². The van der Waals surface area contributed by atoms with Crippen molar-refractivity contribution in [3.8, 4) is 17.5 Å². The second kappa shape index (κ2) is 6.01. The summed E-state index contributed by atoms with van der Waals surface area (Å²) in [6.45, 7) is 4.22. The number of nitrogens with one attached hydrogen (secondary N) is 1. The second-order valence-corrected chi connectivity index (χ2v) is 4.07. The largest absolute Gasteiger partial charge is 0.490 e. The van der Waals surface area contributed by atoms with E-state index in [9.17, 15) is 0 Å². The topological polar surface area (TPSA) is 94.1 Å². The SMILES string of the molecule is CCOc1ccccc1Oc1nc(C)cc(C(=N)N)n1. The van der Waals surface area contributed by atoms with Crippen LogP contribution in [0.15, 0.2) is 30.3 Å². The van der Waals surface area contributed by atoms with E-state index in [1.807, 2.05) is 19.1 Å². The van der Waals surface area contributed by atoms with Crippen molar-refractivity contribution in [2.24, 2.45) is 5.73 Å². The molecule has 1 heterocycles. The van der Waals surface area contributed by atoms with E-state index in [-0.39, 0.29) is 11.8 Å². The van der Waals surface area contributed by atoms with Gasteiger partial charge in [0.2, 0.25) is 0 Å². The van der Waals surface area contributed by atoms with Gasteiger partial charge in [-0.3, -0.25) is 5.41 Å². The van der Waals surface area contributed by atoms with Gasteiger partial charge in [-0.1, -0.05) is 12.1 Å². The van der Waals surface area contributed by atoms with E-state index < -0.39 is 0 Å². The first-order chi connectivity index (χ1) is 9.60. The molecule has 1 aromatic heterocycles. The zero-order valence-corrected chi connectivity index (χ0v) is 11.4. The molecule has 3 N–H and O–H groups in total. The van der Waals surface area contributed by atoms with Gasteiger partial charge >= 0.3 is 6.01 Å². The molecule has 0 amide bonds. The number of hydrogen-bond acceptors (Lipinski definition) is 5. The Morgan fingerprint density at radius 3 is 2.60 bits per heavy atom. The maximum absolute atomic E-state index is 7.42. The van der Waals surface area contributed by atoms with Gasteiger partial charge < -0.3 is 15.2 Å². The van der Waals surface area contributed by atoms with E-state index in [2.05, 4.69) is 9.97 Å². The molecule has 104 valence electrons. The Morgan fingerprint density at radius 2 is 1.95 bits per heavy atom. The van der Waals surface area contributed by atoms with Crippen LogP contribution in [-0.4, -0.2) is 22.4 Å². The van der Waals surface area contributed by atoms with E-state index >= 15 is 0 Å². The smallest absolute Gasteiger partial charge is 0.322 e. The molecule has 0 unspecified atom stereocenters. The van der Waals surface area contributed by atoms with E-state index in [4.69, 9.17) is 20.6 Å². The maximum atomic E-state index is 7.42. The van der Waals surface area contributed by atoms with Gasteiger partial charge in [-0.05, 0) is 32.0 Å². The standard InChI is InChI=1S/C14H16N4O2/c1-3-19-11-6-4-5-7-12(11)20-14-17-9(2)8-10(18-14)13(15)16/h4-8H,3H2,1-2H3,(H3,15,16). The lowest BCUT2D eigenvalue weighted by Gasteiger charge is -2.10. The van der Waals surface area contributed by atoms with E-state index in [0.29, 0.717) is 29.5 Å². The number of aryl methyl sites for hydroxylation is 1. The molecule has 20 heavy (non-hydrogen) atoms. The highest BCUT2D eigenvalue weighted by atomic mass is 16.5. The highest BCUT2D eigenvalue weighted by Crippen LogP contribution is 2.29. The number of ether oxygens (including phenoxy) is 2. The van der Waals surface area contributed by atoms with E-state index in [1.165, 1.54) is 0 Å². The summed E-state index contributed by atoms with van der Waals surface area (Å²) in [6, 6.07) is 9.03. The van der Waals surface area contributed by atoms with Gasteiger partial charge in [-0.2, -0.15) is 4.98 Å². The number of nitrogens with zero attached hydrogens (tertiary/aromatic N) is 2. The predicted octanol–water partition coefficient (Wildman–Crippen LogP) is 2.26. The van der Waals surface area contributed by atoms with Crippen LogP contribution in [0.5, 0.6) is 17.5 Å². The van der Waals surface area contributed by atoms with Crippen molar-refractivity contribution in [2.75, 3.05) is 6.61 Å². The summed E-state index contributed by atoms with van der Waals surface area (Å²) in [7, 11) is 0. The van der Waals surface area contributed by atoms with Crippen LogP contribution in [0.3, 0.4) is 0 Å². The quantitative estimate of drug-likeness (QED) is 0.643. The van der Waals surface area contributed by atoms with Gasteiger partial charge in [0.05, 0.1) is 6.61 Å². The first kappa shape index (κ1) is 13.8. The van der Waals surface area contributed by atoms with Crippen LogP contribution in [0, 0.1) is 12.3 Å². The van der Waals surface area contributed by atoms with E-state index in [1.54, 1.807) is 25.1 Å². The summed E-state index contributed by atoms with van der Waals surface area (Å²) >= 11 is 0. The number of nitrogen functional groups attached to an aromatic ring is 1. The minimum atomic E-state index is -0.126. The lowest BCUT2D eigenvalue weighted by atomic mass is 10.3. The highest BCUT2D eigenvalue weighted by Gasteiger charge is 2.10. The summed E-state index contributed by atoms with van der Waals surface area (Å²) < 4.78 is 11.1. The third kappa shape index (κ3) is 3.23. The van der Waals surface area contributed by atoms with Crippen LogP contribution in [0.2, 0.25) is 0 Å². The van der Waals surface area contributed by atoms with Crippen LogP contribution in [0.25, 0.3) is 0 Å². The lowest BCUT2D eigenvalue weighted by Crippen LogP contribution is -2.14. The molecule has 0 saturated heterocycles. The molecular formula is C14H16N4O2. The van der Waals surface area contributed by atoms with Gasteiger partial charge in [0.25, 0.3) is 0 Å². The Hall–Kier alpha value is -2.63. The minimum absolute atomic E-state index is 0.126.